The summed E-state index contributed by atoms with van der Waals surface area (Å²) < 4.78 is 13.4. The molecule has 2 aromatic carbocycles. The molecule has 2 nitrogen and oxygen atoms in total. The number of ketones is 1. The molecule has 0 saturated carbocycles. The zero-order valence-electron chi connectivity index (χ0n) is 10.2. The molecule has 1 heterocycles. The molecule has 0 amide bonds. The highest BCUT2D eigenvalue weighted by atomic mass is 16.5. The SMILES string of the molecule is [2H]c1ccc2c(c1)OC(c1ccccc1)CC2=O. The van der Waals surface area contributed by atoms with Crippen LogP contribution in [0.4, 0.5) is 0 Å². The van der Waals surface area contributed by atoms with Gasteiger partial charge in [0.15, 0.2) is 5.78 Å². The summed E-state index contributed by atoms with van der Waals surface area (Å²) in [5, 5.41) is 0. The van der Waals surface area contributed by atoms with Crippen molar-refractivity contribution in [2.45, 2.75) is 12.5 Å². The Bertz CT molecular complexity index is 593. The van der Waals surface area contributed by atoms with E-state index in [2.05, 4.69) is 0 Å². The van der Waals surface area contributed by atoms with Gasteiger partial charge in [-0.1, -0.05) is 42.4 Å². The summed E-state index contributed by atoms with van der Waals surface area (Å²) in [5.41, 5.74) is 1.57. The maximum Gasteiger partial charge on any atom is 0.170 e. The molecule has 0 spiro atoms. The molecule has 0 bridgehead atoms. The highest BCUT2D eigenvalue weighted by Gasteiger charge is 2.26. The molecular formula is C15H12O2. The molecule has 0 saturated heterocycles. The number of Topliss-reactive ketones (excluding diaryl/α,β-unsaturated/α-hetero) is 1. The van der Waals surface area contributed by atoms with Gasteiger partial charge in [-0.25, -0.2) is 0 Å². The molecule has 1 atom stereocenters. The number of hydrogen-bond donors (Lipinski definition) is 0. The van der Waals surface area contributed by atoms with Crippen LogP contribution in [0.5, 0.6) is 5.75 Å². The summed E-state index contributed by atoms with van der Waals surface area (Å²) >= 11 is 0. The summed E-state index contributed by atoms with van der Waals surface area (Å²) in [6.07, 6.45) is 0.113. The Morgan fingerprint density at radius 2 is 1.94 bits per heavy atom. The molecule has 2 heteroatoms. The maximum absolute atomic E-state index is 12.0. The number of rotatable bonds is 1. The number of ether oxygens (including phenoxy) is 1. The third-order valence-corrected chi connectivity index (χ3v) is 2.94. The quantitative estimate of drug-likeness (QED) is 0.743. The molecule has 17 heavy (non-hydrogen) atoms. The van der Waals surface area contributed by atoms with Gasteiger partial charge >= 0.3 is 0 Å². The first kappa shape index (κ1) is 8.99. The number of hydrogen-bond acceptors (Lipinski definition) is 2. The highest BCUT2D eigenvalue weighted by molar-refractivity contribution is 5.99. The topological polar surface area (TPSA) is 26.3 Å². The molecule has 0 aromatic heterocycles. The van der Waals surface area contributed by atoms with Crippen LogP contribution in [-0.2, 0) is 0 Å². The normalized spacial score (nSPS) is 19.2. The third kappa shape index (κ3) is 1.82. The first-order chi connectivity index (χ1) is 8.74. The maximum atomic E-state index is 12.0. The van der Waals surface area contributed by atoms with E-state index >= 15 is 0 Å². The fourth-order valence-electron chi connectivity index (χ4n) is 2.07. The Balaban J connectivity index is 1.98. The van der Waals surface area contributed by atoms with Crippen molar-refractivity contribution in [3.63, 3.8) is 0 Å². The predicted octanol–water partition coefficient (Wildman–Crippen LogP) is 3.39. The molecule has 0 N–H and O–H groups in total. The van der Waals surface area contributed by atoms with Crippen molar-refractivity contribution >= 4 is 5.78 Å². The van der Waals surface area contributed by atoms with Gasteiger partial charge in [-0.3, -0.25) is 4.79 Å². The van der Waals surface area contributed by atoms with Gasteiger partial charge in [0.2, 0.25) is 0 Å². The Hall–Kier alpha value is -2.09. The molecule has 1 unspecified atom stereocenters. The van der Waals surface area contributed by atoms with E-state index in [9.17, 15) is 4.79 Å². The van der Waals surface area contributed by atoms with Crippen LogP contribution in [0.15, 0.2) is 54.6 Å². The molecule has 3 rings (SSSR count). The molecule has 1 aliphatic rings. The molecule has 2 aromatic rings. The van der Waals surface area contributed by atoms with E-state index < -0.39 is 0 Å². The standard InChI is InChI=1S/C15H12O2/c16-13-10-15(11-6-2-1-3-7-11)17-14-9-5-4-8-12(13)14/h1-9,15H,10H2/i5D. The van der Waals surface area contributed by atoms with E-state index in [0.29, 0.717) is 23.8 Å². The van der Waals surface area contributed by atoms with Crippen molar-refractivity contribution in [3.05, 3.63) is 65.7 Å². The summed E-state index contributed by atoms with van der Waals surface area (Å²) in [4.78, 5) is 12.0. The van der Waals surface area contributed by atoms with Gasteiger partial charge < -0.3 is 4.74 Å². The minimum Gasteiger partial charge on any atom is -0.484 e. The van der Waals surface area contributed by atoms with Crippen LogP contribution in [0.3, 0.4) is 0 Å². The second-order valence-corrected chi connectivity index (χ2v) is 4.07. The van der Waals surface area contributed by atoms with E-state index in [1.165, 1.54) is 0 Å². The van der Waals surface area contributed by atoms with Crippen LogP contribution in [0.2, 0.25) is 0 Å². The van der Waals surface area contributed by atoms with Crippen molar-refractivity contribution in [2.24, 2.45) is 0 Å². The van der Waals surface area contributed by atoms with Crippen LogP contribution >= 0.6 is 0 Å². The molecule has 0 aliphatic carbocycles. The van der Waals surface area contributed by atoms with Crippen molar-refractivity contribution in [2.75, 3.05) is 0 Å². The van der Waals surface area contributed by atoms with E-state index in [4.69, 9.17) is 6.11 Å². The lowest BCUT2D eigenvalue weighted by Gasteiger charge is -2.25. The first-order valence-electron chi connectivity index (χ1n) is 6.09. The second kappa shape index (κ2) is 4.06. The minimum absolute atomic E-state index is 0.0742. The zero-order valence-corrected chi connectivity index (χ0v) is 9.22. The van der Waals surface area contributed by atoms with E-state index in [1.807, 2.05) is 30.3 Å². The Morgan fingerprint density at radius 3 is 2.76 bits per heavy atom. The summed E-state index contributed by atoms with van der Waals surface area (Å²) in [5.74, 6) is 0.595. The lowest BCUT2D eigenvalue weighted by molar-refractivity contribution is 0.0850. The fraction of sp³-hybridized carbons (Fsp3) is 0.133. The first-order valence-corrected chi connectivity index (χ1v) is 5.59. The average molecular weight is 225 g/mol. The highest BCUT2D eigenvalue weighted by Crippen LogP contribution is 2.34. The summed E-state index contributed by atoms with van der Waals surface area (Å²) in [6.45, 7) is 0. The number of carbonyl (C=O) groups is 1. The smallest absolute Gasteiger partial charge is 0.170 e. The number of para-hydroxylation sites is 1. The van der Waals surface area contributed by atoms with Gasteiger partial charge in [0.1, 0.15) is 11.9 Å². The molecule has 0 fully saturated rings. The van der Waals surface area contributed by atoms with Crippen molar-refractivity contribution in [1.82, 2.24) is 0 Å². The van der Waals surface area contributed by atoms with E-state index in [0.717, 1.165) is 5.56 Å². The van der Waals surface area contributed by atoms with E-state index in [1.54, 1.807) is 18.2 Å². The van der Waals surface area contributed by atoms with Crippen molar-refractivity contribution in [3.8, 4) is 5.75 Å². The predicted molar refractivity (Wildman–Crippen MR) is 65.2 cm³/mol. The van der Waals surface area contributed by atoms with Crippen LogP contribution in [0, 0.1) is 0 Å². The molecule has 84 valence electrons. The lowest BCUT2D eigenvalue weighted by Crippen LogP contribution is -2.20. The van der Waals surface area contributed by atoms with Crippen LogP contribution in [0.1, 0.15) is 29.8 Å². The third-order valence-electron chi connectivity index (χ3n) is 2.94. The summed E-state index contributed by atoms with van der Waals surface area (Å²) in [6, 6.07) is 14.9. The molecular weight excluding hydrogens is 212 g/mol. The Kier molecular flexibility index (Phi) is 2.15. The zero-order chi connectivity index (χ0) is 12.5. The van der Waals surface area contributed by atoms with Gasteiger partial charge in [-0.05, 0) is 17.7 Å². The Labute approximate surface area is 101 Å². The average Bonchev–Trinajstić information content (AvgIpc) is 2.39. The lowest BCUT2D eigenvalue weighted by atomic mass is 9.96. The van der Waals surface area contributed by atoms with Crippen LogP contribution < -0.4 is 4.74 Å². The van der Waals surface area contributed by atoms with Gasteiger partial charge in [-0.2, -0.15) is 0 Å². The number of carbonyl (C=O) groups excluding carboxylic acids is 1. The monoisotopic (exact) mass is 225 g/mol. The van der Waals surface area contributed by atoms with Crippen molar-refractivity contribution in [1.29, 1.82) is 0 Å². The second-order valence-electron chi connectivity index (χ2n) is 4.07. The largest absolute Gasteiger partial charge is 0.484 e. The van der Waals surface area contributed by atoms with Gasteiger partial charge in [0.25, 0.3) is 0 Å². The Morgan fingerprint density at radius 1 is 1.12 bits per heavy atom. The minimum atomic E-state index is -0.243. The van der Waals surface area contributed by atoms with Gasteiger partial charge in [-0.15, -0.1) is 0 Å². The fourth-order valence-corrected chi connectivity index (χ4v) is 2.07. The van der Waals surface area contributed by atoms with Gasteiger partial charge in [0.05, 0.1) is 13.4 Å². The molecule has 0 radical (unpaired) electrons. The number of fused-ring (bicyclic) bond motifs is 1. The number of benzene rings is 2. The van der Waals surface area contributed by atoms with Crippen LogP contribution in [-0.4, -0.2) is 5.78 Å². The van der Waals surface area contributed by atoms with Gasteiger partial charge in [0, 0.05) is 0 Å². The summed E-state index contributed by atoms with van der Waals surface area (Å²) in [7, 11) is 0. The van der Waals surface area contributed by atoms with Crippen molar-refractivity contribution < 1.29 is 10.9 Å². The van der Waals surface area contributed by atoms with Crippen LogP contribution in [0.25, 0.3) is 0 Å². The van der Waals surface area contributed by atoms with E-state index in [-0.39, 0.29) is 11.9 Å². The molecule has 1 aliphatic heterocycles.